The normalized spacial score (nSPS) is 16.0. The average Bonchev–Trinajstić information content (AvgIpc) is 3.36. The van der Waals surface area contributed by atoms with Crippen LogP contribution < -0.4 is 9.80 Å². The zero-order valence-electron chi connectivity index (χ0n) is 17.4. The highest BCUT2D eigenvalue weighted by Crippen LogP contribution is 2.29. The molecule has 0 spiro atoms. The molecule has 3 aromatic rings. The van der Waals surface area contributed by atoms with Crippen LogP contribution in [0.4, 0.5) is 10.8 Å². The molecule has 4 rings (SSSR count). The third-order valence-corrected chi connectivity index (χ3v) is 6.33. The molecule has 7 nitrogen and oxygen atoms in total. The Balaban J connectivity index is 1.36. The number of likely N-dealkylation sites (N-methyl/N-ethyl adjacent to an activating group) is 1. The van der Waals surface area contributed by atoms with Gasteiger partial charge in [-0.1, -0.05) is 41.2 Å². The van der Waals surface area contributed by atoms with Gasteiger partial charge in [-0.25, -0.2) is 4.98 Å². The van der Waals surface area contributed by atoms with E-state index in [1.54, 1.807) is 4.90 Å². The minimum atomic E-state index is -0.584. The van der Waals surface area contributed by atoms with Gasteiger partial charge in [0.2, 0.25) is 5.91 Å². The first kappa shape index (κ1) is 21.0. The van der Waals surface area contributed by atoms with Crippen molar-refractivity contribution in [1.82, 2.24) is 4.98 Å². The lowest BCUT2D eigenvalue weighted by atomic mass is 10.1. The highest BCUT2D eigenvalue weighted by atomic mass is 32.1. The van der Waals surface area contributed by atoms with Crippen LogP contribution in [0.1, 0.15) is 18.9 Å². The van der Waals surface area contributed by atoms with Gasteiger partial charge in [0.1, 0.15) is 0 Å². The lowest BCUT2D eigenvalue weighted by Crippen LogP contribution is -2.35. The molecule has 8 heteroatoms. The van der Waals surface area contributed by atoms with E-state index in [1.807, 2.05) is 62.4 Å². The molecule has 0 N–H and O–H groups in total. The van der Waals surface area contributed by atoms with Crippen molar-refractivity contribution >= 4 is 50.2 Å². The number of carbonyl (C=O) groups is 3. The Labute approximate surface area is 184 Å². The Morgan fingerprint density at radius 3 is 2.65 bits per heavy atom. The van der Waals surface area contributed by atoms with Gasteiger partial charge in [-0.2, -0.15) is 0 Å². The summed E-state index contributed by atoms with van der Waals surface area (Å²) in [6, 6.07) is 15.2. The van der Waals surface area contributed by atoms with Gasteiger partial charge in [-0.05, 0) is 38.1 Å². The minimum absolute atomic E-state index is 0.0796. The van der Waals surface area contributed by atoms with E-state index in [-0.39, 0.29) is 31.4 Å². The van der Waals surface area contributed by atoms with Gasteiger partial charge < -0.3 is 9.64 Å². The van der Waals surface area contributed by atoms with Crippen LogP contribution in [0.25, 0.3) is 10.2 Å². The van der Waals surface area contributed by atoms with Crippen LogP contribution in [-0.2, 0) is 19.1 Å². The van der Waals surface area contributed by atoms with Crippen LogP contribution in [0.2, 0.25) is 0 Å². The molecule has 1 unspecified atom stereocenters. The lowest BCUT2D eigenvalue weighted by molar-refractivity contribution is -0.151. The zero-order valence-corrected chi connectivity index (χ0v) is 18.2. The van der Waals surface area contributed by atoms with Gasteiger partial charge >= 0.3 is 5.97 Å². The maximum Gasteiger partial charge on any atom is 0.311 e. The first-order chi connectivity index (χ1) is 15.0. The number of amides is 2. The Morgan fingerprint density at radius 2 is 1.94 bits per heavy atom. The standard InChI is InChI=1S/C23H23N3O4S/c1-3-25(23-24-18-6-4-5-7-19(18)31-23)21(28)14-30-22(29)16-12-20(27)26(13-16)17-10-8-15(2)9-11-17/h4-11,16H,3,12-14H2,1-2H3. The van der Waals surface area contributed by atoms with Gasteiger partial charge in [0.15, 0.2) is 11.7 Å². The number of hydrogen-bond acceptors (Lipinski definition) is 6. The van der Waals surface area contributed by atoms with Crippen molar-refractivity contribution in [2.24, 2.45) is 5.92 Å². The third-order valence-electron chi connectivity index (χ3n) is 5.27. The Kier molecular flexibility index (Phi) is 5.99. The van der Waals surface area contributed by atoms with Crippen molar-refractivity contribution in [2.45, 2.75) is 20.3 Å². The first-order valence-corrected chi connectivity index (χ1v) is 11.0. The summed E-state index contributed by atoms with van der Waals surface area (Å²) in [4.78, 5) is 45.2. The molecule has 1 saturated heterocycles. The van der Waals surface area contributed by atoms with E-state index in [4.69, 9.17) is 4.74 Å². The molecule has 1 aliphatic heterocycles. The molecule has 1 aliphatic rings. The summed E-state index contributed by atoms with van der Waals surface area (Å²) in [7, 11) is 0. The number of rotatable bonds is 6. The SMILES string of the molecule is CCN(C(=O)COC(=O)C1CC(=O)N(c2ccc(C)cc2)C1)c1nc2ccccc2s1. The number of benzene rings is 2. The van der Waals surface area contributed by atoms with Gasteiger partial charge in [0, 0.05) is 25.2 Å². The van der Waals surface area contributed by atoms with E-state index in [0.717, 1.165) is 21.5 Å². The van der Waals surface area contributed by atoms with Crippen molar-refractivity contribution in [1.29, 1.82) is 0 Å². The Bertz CT molecular complexity index is 1090. The molecule has 1 fully saturated rings. The Hall–Kier alpha value is -3.26. The lowest BCUT2D eigenvalue weighted by Gasteiger charge is -2.18. The van der Waals surface area contributed by atoms with Crippen LogP contribution in [0, 0.1) is 12.8 Å². The summed E-state index contributed by atoms with van der Waals surface area (Å²) in [6.07, 6.45) is 0.0796. The zero-order chi connectivity index (χ0) is 22.0. The van der Waals surface area contributed by atoms with E-state index in [1.165, 1.54) is 16.2 Å². The molecule has 2 aromatic carbocycles. The molecule has 2 heterocycles. The van der Waals surface area contributed by atoms with Gasteiger partial charge in [-0.3, -0.25) is 19.3 Å². The summed E-state index contributed by atoms with van der Waals surface area (Å²) in [5, 5.41) is 0.575. The van der Waals surface area contributed by atoms with Crippen molar-refractivity contribution in [3.05, 3.63) is 54.1 Å². The van der Waals surface area contributed by atoms with Crippen molar-refractivity contribution in [2.75, 3.05) is 29.5 Å². The molecule has 1 atom stereocenters. The molecular formula is C23H23N3O4S. The summed E-state index contributed by atoms with van der Waals surface area (Å²) in [5.74, 6) is -1.58. The highest BCUT2D eigenvalue weighted by Gasteiger charge is 2.36. The first-order valence-electron chi connectivity index (χ1n) is 10.2. The monoisotopic (exact) mass is 437 g/mol. The number of ether oxygens (including phenoxy) is 1. The van der Waals surface area contributed by atoms with E-state index in [0.29, 0.717) is 11.7 Å². The van der Waals surface area contributed by atoms with E-state index in [2.05, 4.69) is 4.98 Å². The van der Waals surface area contributed by atoms with Gasteiger partial charge in [0.25, 0.3) is 5.91 Å². The fraction of sp³-hybridized carbons (Fsp3) is 0.304. The number of para-hydroxylation sites is 1. The predicted octanol–water partition coefficient (Wildman–Crippen LogP) is 3.55. The number of esters is 1. The molecule has 0 radical (unpaired) electrons. The average molecular weight is 438 g/mol. The number of fused-ring (bicyclic) bond motifs is 1. The molecule has 0 saturated carbocycles. The number of carbonyl (C=O) groups excluding carboxylic acids is 3. The molecule has 160 valence electrons. The van der Waals surface area contributed by atoms with Crippen molar-refractivity contribution < 1.29 is 19.1 Å². The van der Waals surface area contributed by atoms with Gasteiger partial charge in [-0.15, -0.1) is 0 Å². The van der Waals surface area contributed by atoms with Gasteiger partial charge in [0.05, 0.1) is 16.1 Å². The highest BCUT2D eigenvalue weighted by molar-refractivity contribution is 7.22. The molecule has 2 amide bonds. The topological polar surface area (TPSA) is 79.8 Å². The number of nitrogens with zero attached hydrogens (tertiary/aromatic N) is 3. The molecule has 31 heavy (non-hydrogen) atoms. The summed E-state index contributed by atoms with van der Waals surface area (Å²) in [6.45, 7) is 4.11. The number of thiazole rings is 1. The third kappa shape index (κ3) is 4.44. The predicted molar refractivity (Wildman–Crippen MR) is 120 cm³/mol. The van der Waals surface area contributed by atoms with E-state index < -0.39 is 11.9 Å². The van der Waals surface area contributed by atoms with Crippen LogP contribution in [0.5, 0.6) is 0 Å². The van der Waals surface area contributed by atoms with Crippen LogP contribution in [0.15, 0.2) is 48.5 Å². The van der Waals surface area contributed by atoms with Crippen LogP contribution in [-0.4, -0.2) is 42.5 Å². The van der Waals surface area contributed by atoms with Crippen molar-refractivity contribution in [3.8, 4) is 0 Å². The minimum Gasteiger partial charge on any atom is -0.455 e. The quantitative estimate of drug-likeness (QED) is 0.551. The van der Waals surface area contributed by atoms with Crippen molar-refractivity contribution in [3.63, 3.8) is 0 Å². The smallest absolute Gasteiger partial charge is 0.311 e. The largest absolute Gasteiger partial charge is 0.455 e. The second kappa shape index (κ2) is 8.85. The fourth-order valence-electron chi connectivity index (χ4n) is 3.56. The fourth-order valence-corrected chi connectivity index (χ4v) is 4.61. The molecular weight excluding hydrogens is 414 g/mol. The second-order valence-electron chi connectivity index (χ2n) is 7.45. The summed E-state index contributed by atoms with van der Waals surface area (Å²) < 4.78 is 6.27. The molecule has 0 bridgehead atoms. The maximum absolute atomic E-state index is 12.7. The summed E-state index contributed by atoms with van der Waals surface area (Å²) in [5.41, 5.74) is 2.68. The number of aromatic nitrogens is 1. The number of anilines is 2. The van der Waals surface area contributed by atoms with Crippen LogP contribution in [0.3, 0.4) is 0 Å². The maximum atomic E-state index is 12.7. The molecule has 0 aliphatic carbocycles. The second-order valence-corrected chi connectivity index (χ2v) is 8.46. The molecule has 1 aromatic heterocycles. The van der Waals surface area contributed by atoms with E-state index >= 15 is 0 Å². The van der Waals surface area contributed by atoms with E-state index in [9.17, 15) is 14.4 Å². The number of hydrogen-bond donors (Lipinski definition) is 0. The number of aryl methyl sites for hydroxylation is 1. The summed E-state index contributed by atoms with van der Waals surface area (Å²) >= 11 is 1.42. The van der Waals surface area contributed by atoms with Crippen LogP contribution >= 0.6 is 11.3 Å². The Morgan fingerprint density at radius 1 is 1.19 bits per heavy atom.